The van der Waals surface area contributed by atoms with Crippen LogP contribution in [0.1, 0.15) is 6.92 Å². The minimum absolute atomic E-state index is 0.162. The molecule has 1 aliphatic heterocycles. The predicted octanol–water partition coefficient (Wildman–Crippen LogP) is 0.414. The summed E-state index contributed by atoms with van der Waals surface area (Å²) in [5, 5.41) is 3.46. The van der Waals surface area contributed by atoms with Crippen LogP contribution in [0.15, 0.2) is 5.10 Å². The van der Waals surface area contributed by atoms with Gasteiger partial charge in [0.15, 0.2) is 6.29 Å². The third-order valence-corrected chi connectivity index (χ3v) is 1.74. The Balaban J connectivity index is 2.63. The fourth-order valence-corrected chi connectivity index (χ4v) is 0.955. The van der Waals surface area contributed by atoms with Crippen molar-refractivity contribution < 1.29 is 13.6 Å². The molecule has 0 aliphatic carbocycles. The highest BCUT2D eigenvalue weighted by molar-refractivity contribution is 6.29. The summed E-state index contributed by atoms with van der Waals surface area (Å²) in [7, 11) is 0. The molecule has 62 valence electrons. The van der Waals surface area contributed by atoms with E-state index in [9.17, 15) is 13.6 Å². The number of nitrogens with one attached hydrogen (secondary N) is 1. The standard InChI is InChI=1S/C6H8F2N2O/c1-3-4(2-11)9-10-5(3)6(7)8/h2-3,5-6,10H,1H3/t3-,5-/m0/s1. The summed E-state index contributed by atoms with van der Waals surface area (Å²) < 4.78 is 24.1. The lowest BCUT2D eigenvalue weighted by molar-refractivity contribution is -0.102. The van der Waals surface area contributed by atoms with Gasteiger partial charge in [0.1, 0.15) is 11.8 Å². The van der Waals surface area contributed by atoms with Crippen LogP contribution < -0.4 is 5.43 Å². The fraction of sp³-hybridized carbons (Fsp3) is 0.667. The molecule has 0 amide bonds. The first-order valence-electron chi connectivity index (χ1n) is 3.23. The molecule has 11 heavy (non-hydrogen) atoms. The zero-order valence-electron chi connectivity index (χ0n) is 5.92. The summed E-state index contributed by atoms with van der Waals surface area (Å²) in [5.41, 5.74) is 2.38. The highest BCUT2D eigenvalue weighted by Gasteiger charge is 2.33. The summed E-state index contributed by atoms with van der Waals surface area (Å²) in [6.07, 6.45) is -1.98. The average Bonchev–Trinajstić information content (AvgIpc) is 2.30. The van der Waals surface area contributed by atoms with Gasteiger partial charge in [0.05, 0.1) is 0 Å². The van der Waals surface area contributed by atoms with Gasteiger partial charge in [0.2, 0.25) is 0 Å². The summed E-state index contributed by atoms with van der Waals surface area (Å²) in [4.78, 5) is 10.2. The number of nitrogens with zero attached hydrogens (tertiary/aromatic N) is 1. The molecule has 0 aromatic carbocycles. The lowest BCUT2D eigenvalue weighted by Crippen LogP contribution is -2.34. The van der Waals surface area contributed by atoms with E-state index in [4.69, 9.17) is 0 Å². The smallest absolute Gasteiger partial charge is 0.260 e. The number of alkyl halides is 2. The lowest BCUT2D eigenvalue weighted by atomic mass is 10.00. The van der Waals surface area contributed by atoms with Crippen LogP contribution in [0.2, 0.25) is 0 Å². The van der Waals surface area contributed by atoms with E-state index in [-0.39, 0.29) is 5.71 Å². The van der Waals surface area contributed by atoms with E-state index in [0.717, 1.165) is 0 Å². The maximum absolute atomic E-state index is 12.0. The van der Waals surface area contributed by atoms with Gasteiger partial charge in [-0.2, -0.15) is 5.10 Å². The maximum atomic E-state index is 12.0. The van der Waals surface area contributed by atoms with Crippen molar-refractivity contribution in [3.63, 3.8) is 0 Å². The molecule has 0 fully saturated rings. The Bertz CT molecular complexity index is 193. The van der Waals surface area contributed by atoms with Gasteiger partial charge in [-0.15, -0.1) is 0 Å². The van der Waals surface area contributed by atoms with E-state index in [1.54, 1.807) is 6.92 Å². The van der Waals surface area contributed by atoms with Crippen LogP contribution in [0.25, 0.3) is 0 Å². The summed E-state index contributed by atoms with van der Waals surface area (Å²) >= 11 is 0. The molecule has 1 heterocycles. The largest absolute Gasteiger partial charge is 0.300 e. The molecule has 1 rings (SSSR count). The Kier molecular flexibility index (Phi) is 2.16. The number of rotatable bonds is 2. The Morgan fingerprint density at radius 1 is 1.73 bits per heavy atom. The third-order valence-electron chi connectivity index (χ3n) is 1.74. The highest BCUT2D eigenvalue weighted by Crippen LogP contribution is 2.17. The highest BCUT2D eigenvalue weighted by atomic mass is 19.3. The van der Waals surface area contributed by atoms with E-state index >= 15 is 0 Å². The first-order valence-corrected chi connectivity index (χ1v) is 3.23. The van der Waals surface area contributed by atoms with Gasteiger partial charge < -0.3 is 5.43 Å². The first kappa shape index (κ1) is 8.10. The zero-order chi connectivity index (χ0) is 8.43. The van der Waals surface area contributed by atoms with E-state index in [1.165, 1.54) is 0 Å². The quantitative estimate of drug-likeness (QED) is 0.597. The van der Waals surface area contributed by atoms with E-state index in [2.05, 4.69) is 10.5 Å². The molecule has 0 saturated carbocycles. The van der Waals surface area contributed by atoms with Crippen LogP contribution in [0, 0.1) is 5.92 Å². The minimum atomic E-state index is -2.48. The van der Waals surface area contributed by atoms with Crippen molar-refractivity contribution in [2.45, 2.75) is 19.4 Å². The van der Waals surface area contributed by atoms with Crippen LogP contribution in [-0.2, 0) is 4.79 Å². The third kappa shape index (κ3) is 1.36. The van der Waals surface area contributed by atoms with Gasteiger partial charge in [-0.1, -0.05) is 6.92 Å². The van der Waals surface area contributed by atoms with Gasteiger partial charge in [-0.25, -0.2) is 8.78 Å². The van der Waals surface area contributed by atoms with Crippen LogP contribution in [0.4, 0.5) is 8.78 Å². The molecule has 0 bridgehead atoms. The van der Waals surface area contributed by atoms with Crippen LogP contribution in [0.5, 0.6) is 0 Å². The normalized spacial score (nSPS) is 30.0. The lowest BCUT2D eigenvalue weighted by Gasteiger charge is -2.12. The second-order valence-electron chi connectivity index (χ2n) is 2.43. The molecule has 0 spiro atoms. The minimum Gasteiger partial charge on any atom is -0.300 e. The monoisotopic (exact) mass is 162 g/mol. The topological polar surface area (TPSA) is 41.5 Å². The van der Waals surface area contributed by atoms with Crippen molar-refractivity contribution >= 4 is 12.0 Å². The molecule has 1 aliphatic rings. The zero-order valence-corrected chi connectivity index (χ0v) is 5.92. The van der Waals surface area contributed by atoms with Crippen LogP contribution in [0.3, 0.4) is 0 Å². The SMILES string of the molecule is C[C@H]1C(C=O)=NN[C@@H]1C(F)F. The molecular weight excluding hydrogens is 154 g/mol. The fourth-order valence-electron chi connectivity index (χ4n) is 0.955. The van der Waals surface area contributed by atoms with Gasteiger partial charge in [0.25, 0.3) is 6.43 Å². The van der Waals surface area contributed by atoms with Crippen molar-refractivity contribution in [1.29, 1.82) is 0 Å². The molecule has 0 aromatic heterocycles. The Hall–Kier alpha value is -1.00. The number of hydrazone groups is 1. The second-order valence-corrected chi connectivity index (χ2v) is 2.43. The molecule has 0 unspecified atom stereocenters. The van der Waals surface area contributed by atoms with Gasteiger partial charge >= 0.3 is 0 Å². The second kappa shape index (κ2) is 2.94. The van der Waals surface area contributed by atoms with Crippen molar-refractivity contribution in [1.82, 2.24) is 5.43 Å². The summed E-state index contributed by atoms with van der Waals surface area (Å²) in [5.74, 6) is -0.493. The van der Waals surface area contributed by atoms with Crippen LogP contribution in [-0.4, -0.2) is 24.5 Å². The molecule has 0 aromatic rings. The molecule has 0 radical (unpaired) electrons. The Labute approximate surface area is 62.5 Å². The summed E-state index contributed by atoms with van der Waals surface area (Å²) in [6, 6.07) is -1.00. The Morgan fingerprint density at radius 3 is 2.64 bits per heavy atom. The molecule has 5 heteroatoms. The molecular formula is C6H8F2N2O. The number of hydrogen-bond acceptors (Lipinski definition) is 3. The van der Waals surface area contributed by atoms with Crippen molar-refractivity contribution in [3.8, 4) is 0 Å². The molecule has 1 N–H and O–H groups in total. The maximum Gasteiger partial charge on any atom is 0.260 e. The van der Waals surface area contributed by atoms with Gasteiger partial charge in [-0.3, -0.25) is 4.79 Å². The van der Waals surface area contributed by atoms with Crippen molar-refractivity contribution in [3.05, 3.63) is 0 Å². The predicted molar refractivity (Wildman–Crippen MR) is 35.6 cm³/mol. The van der Waals surface area contributed by atoms with E-state index < -0.39 is 18.4 Å². The number of carbonyl (C=O) groups excluding carboxylic acids is 1. The number of hydrogen-bond donors (Lipinski definition) is 1. The molecule has 3 nitrogen and oxygen atoms in total. The molecule has 2 atom stereocenters. The number of halogens is 2. The van der Waals surface area contributed by atoms with Crippen LogP contribution >= 0.6 is 0 Å². The van der Waals surface area contributed by atoms with Crippen molar-refractivity contribution in [2.75, 3.05) is 0 Å². The first-order chi connectivity index (χ1) is 5.16. The number of carbonyl (C=O) groups is 1. The van der Waals surface area contributed by atoms with Crippen molar-refractivity contribution in [2.24, 2.45) is 11.0 Å². The number of aldehydes is 1. The summed E-state index contributed by atoms with van der Waals surface area (Å²) in [6.45, 7) is 1.55. The van der Waals surface area contributed by atoms with E-state index in [0.29, 0.717) is 6.29 Å². The van der Waals surface area contributed by atoms with Gasteiger partial charge in [0, 0.05) is 5.92 Å². The average molecular weight is 162 g/mol. The molecule has 0 saturated heterocycles. The van der Waals surface area contributed by atoms with Gasteiger partial charge in [-0.05, 0) is 0 Å². The van der Waals surface area contributed by atoms with E-state index in [1.807, 2.05) is 0 Å². The Morgan fingerprint density at radius 2 is 2.36 bits per heavy atom.